The first-order valence-electron chi connectivity index (χ1n) is 8.11. The summed E-state index contributed by atoms with van der Waals surface area (Å²) in [5.74, 6) is -0.636. The fraction of sp³-hybridized carbons (Fsp3) is 0.0526. The summed E-state index contributed by atoms with van der Waals surface area (Å²) in [4.78, 5) is 22.3. The van der Waals surface area contributed by atoms with Crippen LogP contribution in [0, 0.1) is 15.9 Å². The number of benzene rings is 2. The largest absolute Gasteiger partial charge is 0.304 e. The highest BCUT2D eigenvalue weighted by molar-refractivity contribution is 6.33. The minimum atomic E-state index is -0.509. The van der Waals surface area contributed by atoms with Crippen LogP contribution >= 0.6 is 11.6 Å². The van der Waals surface area contributed by atoms with Crippen LogP contribution in [0.5, 0.6) is 0 Å². The average molecular weight is 401 g/mol. The summed E-state index contributed by atoms with van der Waals surface area (Å²) in [5, 5.41) is 17.8. The number of amides is 1. The first kappa shape index (κ1) is 19.2. The summed E-state index contributed by atoms with van der Waals surface area (Å²) < 4.78 is 14.5. The van der Waals surface area contributed by atoms with Crippen molar-refractivity contribution in [3.8, 4) is 0 Å². The molecule has 28 heavy (non-hydrogen) atoms. The Bertz CT molecular complexity index is 1050. The molecule has 0 saturated heterocycles. The van der Waals surface area contributed by atoms with Gasteiger partial charge in [-0.15, -0.1) is 0 Å². The fourth-order valence-electron chi connectivity index (χ4n) is 2.41. The maximum atomic E-state index is 13.0. The molecule has 0 unspecified atom stereocenters. The number of nitro groups is 1. The Kier molecular flexibility index (Phi) is 5.81. The van der Waals surface area contributed by atoms with Crippen LogP contribution in [-0.2, 0) is 11.3 Å². The lowest BCUT2D eigenvalue weighted by molar-refractivity contribution is -0.384. The van der Waals surface area contributed by atoms with Crippen LogP contribution in [0.25, 0.3) is 6.08 Å². The van der Waals surface area contributed by atoms with Crippen molar-refractivity contribution in [2.75, 3.05) is 5.32 Å². The van der Waals surface area contributed by atoms with E-state index in [9.17, 15) is 19.3 Å². The van der Waals surface area contributed by atoms with Crippen molar-refractivity contribution < 1.29 is 14.1 Å². The Labute approximate surface area is 164 Å². The van der Waals surface area contributed by atoms with Gasteiger partial charge >= 0.3 is 0 Å². The molecule has 3 rings (SSSR count). The number of nitrogens with zero attached hydrogens (tertiary/aromatic N) is 3. The zero-order valence-corrected chi connectivity index (χ0v) is 15.1. The zero-order chi connectivity index (χ0) is 20.1. The van der Waals surface area contributed by atoms with Crippen LogP contribution in [-0.4, -0.2) is 20.6 Å². The molecule has 0 atom stereocenters. The minimum Gasteiger partial charge on any atom is -0.304 e. The monoisotopic (exact) mass is 400 g/mol. The van der Waals surface area contributed by atoms with Gasteiger partial charge in [0, 0.05) is 24.4 Å². The van der Waals surface area contributed by atoms with E-state index in [4.69, 9.17) is 11.6 Å². The highest BCUT2D eigenvalue weighted by atomic mass is 35.5. The number of nitrogens with one attached hydrogen (secondary N) is 1. The second-order valence-electron chi connectivity index (χ2n) is 5.82. The van der Waals surface area contributed by atoms with E-state index in [1.165, 1.54) is 47.2 Å². The van der Waals surface area contributed by atoms with Gasteiger partial charge in [-0.25, -0.2) is 4.39 Å². The number of rotatable bonds is 6. The van der Waals surface area contributed by atoms with Crippen LogP contribution in [0.2, 0.25) is 5.02 Å². The molecule has 7 nitrogen and oxygen atoms in total. The van der Waals surface area contributed by atoms with Crippen molar-refractivity contribution in [1.29, 1.82) is 0 Å². The highest BCUT2D eigenvalue weighted by Gasteiger charge is 2.10. The second-order valence-corrected chi connectivity index (χ2v) is 6.23. The summed E-state index contributed by atoms with van der Waals surface area (Å²) in [5.41, 5.74) is 1.27. The zero-order valence-electron chi connectivity index (χ0n) is 14.4. The first-order chi connectivity index (χ1) is 13.4. The molecule has 3 aromatic rings. The van der Waals surface area contributed by atoms with Crippen LogP contribution < -0.4 is 5.32 Å². The van der Waals surface area contributed by atoms with E-state index < -0.39 is 10.8 Å². The minimum absolute atomic E-state index is 0.0647. The van der Waals surface area contributed by atoms with Gasteiger partial charge in [-0.1, -0.05) is 35.9 Å². The van der Waals surface area contributed by atoms with E-state index in [1.54, 1.807) is 24.4 Å². The molecule has 1 N–H and O–H groups in total. The molecule has 2 aromatic carbocycles. The van der Waals surface area contributed by atoms with Gasteiger partial charge in [-0.2, -0.15) is 5.10 Å². The quantitative estimate of drug-likeness (QED) is 0.380. The van der Waals surface area contributed by atoms with Gasteiger partial charge in [0.15, 0.2) is 5.82 Å². The topological polar surface area (TPSA) is 90.1 Å². The summed E-state index contributed by atoms with van der Waals surface area (Å²) >= 11 is 6.10. The van der Waals surface area contributed by atoms with Gasteiger partial charge in [0.25, 0.3) is 5.69 Å². The smallest absolute Gasteiger partial charge is 0.270 e. The Morgan fingerprint density at radius 2 is 2.04 bits per heavy atom. The third kappa shape index (κ3) is 5.01. The van der Waals surface area contributed by atoms with Crippen molar-refractivity contribution in [1.82, 2.24) is 9.78 Å². The lowest BCUT2D eigenvalue weighted by Crippen LogP contribution is -2.09. The molecule has 0 spiro atoms. The third-order valence-corrected chi connectivity index (χ3v) is 4.00. The Hall–Kier alpha value is -3.52. The van der Waals surface area contributed by atoms with Crippen molar-refractivity contribution in [2.45, 2.75) is 6.54 Å². The Morgan fingerprint density at radius 3 is 2.75 bits per heavy atom. The number of nitro benzene ring substituents is 1. The SMILES string of the molecule is O=C(/C=C/c1cccc([N+](=O)[O-])c1)Nc1nn(Cc2ccc(F)cc2)cc1Cl. The van der Waals surface area contributed by atoms with Gasteiger partial charge in [0.2, 0.25) is 5.91 Å². The van der Waals surface area contributed by atoms with Crippen molar-refractivity contribution in [2.24, 2.45) is 0 Å². The molecular weight excluding hydrogens is 387 g/mol. The fourth-order valence-corrected chi connectivity index (χ4v) is 2.61. The third-order valence-electron chi connectivity index (χ3n) is 3.72. The van der Waals surface area contributed by atoms with Gasteiger partial charge in [0.1, 0.15) is 10.8 Å². The van der Waals surface area contributed by atoms with Crippen molar-refractivity contribution >= 4 is 35.1 Å². The van der Waals surface area contributed by atoms with E-state index in [1.807, 2.05) is 0 Å². The van der Waals surface area contributed by atoms with E-state index >= 15 is 0 Å². The van der Waals surface area contributed by atoms with E-state index in [-0.39, 0.29) is 22.3 Å². The number of hydrogen-bond acceptors (Lipinski definition) is 4. The number of anilines is 1. The maximum absolute atomic E-state index is 13.0. The molecule has 0 bridgehead atoms. The van der Waals surface area contributed by atoms with Crippen LogP contribution in [0.1, 0.15) is 11.1 Å². The summed E-state index contributed by atoms with van der Waals surface area (Å²) in [6.07, 6.45) is 4.23. The number of carbonyl (C=O) groups excluding carboxylic acids is 1. The molecule has 0 radical (unpaired) electrons. The molecule has 1 amide bonds. The molecule has 9 heteroatoms. The second kappa shape index (κ2) is 8.45. The predicted molar refractivity (Wildman–Crippen MR) is 103 cm³/mol. The summed E-state index contributed by atoms with van der Waals surface area (Å²) in [6, 6.07) is 11.9. The van der Waals surface area contributed by atoms with Gasteiger partial charge in [-0.3, -0.25) is 19.6 Å². The molecule has 0 aliphatic heterocycles. The van der Waals surface area contributed by atoms with Crippen molar-refractivity contribution in [3.63, 3.8) is 0 Å². The standard InChI is InChI=1S/C19H14ClFN4O3/c20-17-12-24(11-14-4-7-15(21)8-5-14)23-19(17)22-18(26)9-6-13-2-1-3-16(10-13)25(27)28/h1-10,12H,11H2,(H,22,23,26)/b9-6+. The Morgan fingerprint density at radius 1 is 1.29 bits per heavy atom. The van der Waals surface area contributed by atoms with Gasteiger partial charge in [0.05, 0.1) is 11.5 Å². The van der Waals surface area contributed by atoms with E-state index in [2.05, 4.69) is 10.4 Å². The lowest BCUT2D eigenvalue weighted by Gasteiger charge is -2.02. The number of non-ortho nitro benzene ring substituents is 1. The Balaban J connectivity index is 1.65. The normalized spacial score (nSPS) is 10.9. The molecule has 0 fully saturated rings. The molecular formula is C19H14ClFN4O3. The molecule has 142 valence electrons. The number of carbonyl (C=O) groups is 1. The number of aromatic nitrogens is 2. The maximum Gasteiger partial charge on any atom is 0.270 e. The first-order valence-corrected chi connectivity index (χ1v) is 8.49. The molecule has 1 heterocycles. The van der Waals surface area contributed by atoms with Crippen LogP contribution in [0.15, 0.2) is 60.8 Å². The number of hydrogen-bond donors (Lipinski definition) is 1. The lowest BCUT2D eigenvalue weighted by atomic mass is 10.2. The molecule has 0 saturated carbocycles. The van der Waals surface area contributed by atoms with Crippen molar-refractivity contribution in [3.05, 3.63) is 92.9 Å². The molecule has 0 aliphatic carbocycles. The highest BCUT2D eigenvalue weighted by Crippen LogP contribution is 2.20. The van der Waals surface area contributed by atoms with E-state index in [0.29, 0.717) is 12.1 Å². The summed E-state index contributed by atoms with van der Waals surface area (Å²) in [6.45, 7) is 0.361. The number of halogens is 2. The van der Waals surface area contributed by atoms with E-state index in [0.717, 1.165) is 5.56 Å². The molecule has 1 aromatic heterocycles. The predicted octanol–water partition coefficient (Wildman–Crippen LogP) is 4.28. The van der Waals surface area contributed by atoms with Crippen LogP contribution in [0.4, 0.5) is 15.9 Å². The van der Waals surface area contributed by atoms with Gasteiger partial charge < -0.3 is 5.32 Å². The van der Waals surface area contributed by atoms with Gasteiger partial charge in [-0.05, 0) is 29.3 Å². The van der Waals surface area contributed by atoms with Crippen LogP contribution in [0.3, 0.4) is 0 Å². The molecule has 0 aliphatic rings. The average Bonchev–Trinajstić information content (AvgIpc) is 3.01. The summed E-state index contributed by atoms with van der Waals surface area (Å²) in [7, 11) is 0.